The van der Waals surface area contributed by atoms with E-state index in [4.69, 9.17) is 0 Å². The predicted octanol–water partition coefficient (Wildman–Crippen LogP) is 1.83. The van der Waals surface area contributed by atoms with Crippen molar-refractivity contribution in [2.24, 2.45) is 0 Å². The zero-order valence-corrected chi connectivity index (χ0v) is 11.3. The second-order valence-electron chi connectivity index (χ2n) is 4.47. The number of carbonyl (C=O) groups excluding carboxylic acids is 1. The Balaban J connectivity index is 1.92. The van der Waals surface area contributed by atoms with Crippen LogP contribution in [0.2, 0.25) is 0 Å². The lowest BCUT2D eigenvalue weighted by Crippen LogP contribution is -2.14. The molecule has 1 amide bonds. The van der Waals surface area contributed by atoms with Gasteiger partial charge in [0.1, 0.15) is 17.8 Å². The number of halogens is 2. The zero-order chi connectivity index (χ0) is 15.7. The topological polar surface area (TPSA) is 88.5 Å². The van der Waals surface area contributed by atoms with Gasteiger partial charge in [-0.15, -0.1) is 0 Å². The third-order valence-electron chi connectivity index (χ3n) is 2.90. The summed E-state index contributed by atoms with van der Waals surface area (Å²) < 4.78 is 28.0. The molecule has 0 fully saturated rings. The third-order valence-corrected chi connectivity index (χ3v) is 2.90. The van der Waals surface area contributed by atoms with E-state index in [1.807, 2.05) is 0 Å². The molecule has 2 aromatic heterocycles. The summed E-state index contributed by atoms with van der Waals surface area (Å²) in [4.78, 5) is 15.8. The fourth-order valence-electron chi connectivity index (χ4n) is 1.92. The van der Waals surface area contributed by atoms with Crippen molar-refractivity contribution in [3.8, 4) is 5.69 Å². The number of nitrogens with zero attached hydrogens (tertiary/aromatic N) is 4. The minimum Gasteiger partial charge on any atom is -0.289 e. The molecule has 0 unspecified atom stereocenters. The number of amides is 1. The molecule has 3 rings (SSSR count). The first-order chi connectivity index (χ1) is 10.5. The van der Waals surface area contributed by atoms with Crippen LogP contribution in [-0.2, 0) is 0 Å². The van der Waals surface area contributed by atoms with Gasteiger partial charge in [0.2, 0.25) is 5.95 Å². The minimum atomic E-state index is -0.770. The lowest BCUT2D eigenvalue weighted by atomic mass is 10.3. The summed E-state index contributed by atoms with van der Waals surface area (Å²) in [5.41, 5.74) is 0.642. The van der Waals surface area contributed by atoms with Gasteiger partial charge in [0.15, 0.2) is 11.5 Å². The molecular formula is C13H10F2N6O. The van der Waals surface area contributed by atoms with Crippen LogP contribution in [0.25, 0.3) is 5.69 Å². The van der Waals surface area contributed by atoms with Crippen molar-refractivity contribution in [1.29, 1.82) is 0 Å². The highest BCUT2D eigenvalue weighted by Crippen LogP contribution is 2.17. The Hall–Kier alpha value is -3.10. The zero-order valence-electron chi connectivity index (χ0n) is 11.3. The summed E-state index contributed by atoms with van der Waals surface area (Å²) in [6.07, 6.45) is 1.24. The molecule has 0 saturated heterocycles. The Labute approximate surface area is 123 Å². The largest absolute Gasteiger partial charge is 0.289 e. The first-order valence-corrected chi connectivity index (χ1v) is 6.23. The highest BCUT2D eigenvalue weighted by atomic mass is 19.1. The quantitative estimate of drug-likeness (QED) is 0.772. The van der Waals surface area contributed by atoms with Crippen molar-refractivity contribution < 1.29 is 13.6 Å². The molecule has 0 radical (unpaired) electrons. The molecule has 0 aliphatic heterocycles. The molecule has 2 N–H and O–H groups in total. The maximum atomic E-state index is 13.8. The summed E-state index contributed by atoms with van der Waals surface area (Å²) in [5, 5.41) is 12.6. The van der Waals surface area contributed by atoms with E-state index in [1.165, 1.54) is 23.1 Å². The lowest BCUT2D eigenvalue weighted by molar-refractivity contribution is 0.102. The van der Waals surface area contributed by atoms with Crippen LogP contribution in [0.15, 0.2) is 30.6 Å². The number of nitrogens with one attached hydrogen (secondary N) is 2. The summed E-state index contributed by atoms with van der Waals surface area (Å²) >= 11 is 0. The first-order valence-electron chi connectivity index (χ1n) is 6.23. The van der Waals surface area contributed by atoms with E-state index < -0.39 is 17.5 Å². The molecule has 0 spiro atoms. The van der Waals surface area contributed by atoms with Crippen LogP contribution in [-0.4, -0.2) is 30.9 Å². The fraction of sp³-hybridized carbons (Fsp3) is 0.0769. The van der Waals surface area contributed by atoms with Crippen LogP contribution in [0.5, 0.6) is 0 Å². The Morgan fingerprint density at radius 1 is 1.32 bits per heavy atom. The minimum absolute atomic E-state index is 0.0533. The van der Waals surface area contributed by atoms with Gasteiger partial charge in [0, 0.05) is 11.8 Å². The molecule has 0 aliphatic carbocycles. The monoisotopic (exact) mass is 304 g/mol. The Bertz CT molecular complexity index is 827. The van der Waals surface area contributed by atoms with E-state index in [-0.39, 0.29) is 17.3 Å². The summed E-state index contributed by atoms with van der Waals surface area (Å²) in [7, 11) is 0. The van der Waals surface area contributed by atoms with Crippen LogP contribution in [0.4, 0.5) is 14.7 Å². The molecule has 22 heavy (non-hydrogen) atoms. The van der Waals surface area contributed by atoms with Crippen molar-refractivity contribution in [2.75, 3.05) is 5.32 Å². The standard InChI is InChI=1S/C13H10F2N6O/c1-7-4-10(12(22)18-13-16-6-17-19-13)20-21(7)11-3-2-8(14)5-9(11)15/h2-6H,1H3,(H2,16,17,18,19,22). The number of carbonyl (C=O) groups is 1. The Kier molecular flexibility index (Phi) is 3.37. The van der Waals surface area contributed by atoms with Gasteiger partial charge >= 0.3 is 0 Å². The number of benzene rings is 1. The number of rotatable bonds is 3. The van der Waals surface area contributed by atoms with E-state index in [0.29, 0.717) is 5.69 Å². The maximum absolute atomic E-state index is 13.8. The molecular weight excluding hydrogens is 294 g/mol. The molecule has 0 atom stereocenters. The second kappa shape index (κ2) is 5.35. The second-order valence-corrected chi connectivity index (χ2v) is 4.47. The van der Waals surface area contributed by atoms with Crippen molar-refractivity contribution in [3.05, 3.63) is 53.6 Å². The maximum Gasteiger partial charge on any atom is 0.278 e. The lowest BCUT2D eigenvalue weighted by Gasteiger charge is -2.05. The van der Waals surface area contributed by atoms with Crippen LogP contribution < -0.4 is 5.32 Å². The SMILES string of the molecule is Cc1cc(C(=O)Nc2ncn[nH]2)nn1-c1ccc(F)cc1F. The fourth-order valence-corrected chi connectivity index (χ4v) is 1.92. The van der Waals surface area contributed by atoms with Crippen LogP contribution in [0, 0.1) is 18.6 Å². The van der Waals surface area contributed by atoms with Gasteiger partial charge in [-0.25, -0.2) is 18.6 Å². The number of aromatic nitrogens is 5. The molecule has 0 aliphatic rings. The van der Waals surface area contributed by atoms with E-state index in [9.17, 15) is 13.6 Å². The van der Waals surface area contributed by atoms with Gasteiger partial charge in [-0.05, 0) is 25.1 Å². The number of hydrogen-bond acceptors (Lipinski definition) is 4. The molecule has 9 heteroatoms. The van der Waals surface area contributed by atoms with E-state index in [2.05, 4.69) is 25.6 Å². The van der Waals surface area contributed by atoms with E-state index in [0.717, 1.165) is 12.1 Å². The van der Waals surface area contributed by atoms with Gasteiger partial charge in [0.25, 0.3) is 5.91 Å². The summed E-state index contributed by atoms with van der Waals surface area (Å²) in [6.45, 7) is 1.65. The van der Waals surface area contributed by atoms with Gasteiger partial charge in [-0.1, -0.05) is 0 Å². The number of H-pyrrole nitrogens is 1. The molecule has 1 aromatic carbocycles. The molecule has 3 aromatic rings. The first kappa shape index (κ1) is 13.9. The van der Waals surface area contributed by atoms with Crippen molar-refractivity contribution in [2.45, 2.75) is 6.92 Å². The number of hydrogen-bond donors (Lipinski definition) is 2. The molecule has 112 valence electrons. The number of aryl methyl sites for hydroxylation is 1. The summed E-state index contributed by atoms with van der Waals surface area (Å²) in [6, 6.07) is 4.61. The number of aromatic amines is 1. The van der Waals surface area contributed by atoms with Crippen molar-refractivity contribution in [1.82, 2.24) is 25.0 Å². The molecule has 7 nitrogen and oxygen atoms in total. The Morgan fingerprint density at radius 2 is 2.14 bits per heavy atom. The Morgan fingerprint density at radius 3 is 2.82 bits per heavy atom. The summed E-state index contributed by atoms with van der Waals surface area (Å²) in [5.74, 6) is -1.81. The highest BCUT2D eigenvalue weighted by Gasteiger charge is 2.16. The average molecular weight is 304 g/mol. The normalized spacial score (nSPS) is 10.7. The van der Waals surface area contributed by atoms with Gasteiger partial charge < -0.3 is 0 Å². The molecule has 0 bridgehead atoms. The van der Waals surface area contributed by atoms with Crippen molar-refractivity contribution >= 4 is 11.9 Å². The molecule has 0 saturated carbocycles. The smallest absolute Gasteiger partial charge is 0.278 e. The predicted molar refractivity (Wildman–Crippen MR) is 72.6 cm³/mol. The van der Waals surface area contributed by atoms with Gasteiger partial charge in [0.05, 0.1) is 0 Å². The molecule has 2 heterocycles. The van der Waals surface area contributed by atoms with Crippen LogP contribution >= 0.6 is 0 Å². The van der Waals surface area contributed by atoms with E-state index >= 15 is 0 Å². The van der Waals surface area contributed by atoms with Gasteiger partial charge in [-0.3, -0.25) is 10.1 Å². The van der Waals surface area contributed by atoms with E-state index in [1.54, 1.807) is 6.92 Å². The number of anilines is 1. The average Bonchev–Trinajstić information content (AvgIpc) is 3.09. The highest BCUT2D eigenvalue weighted by molar-refractivity contribution is 6.01. The van der Waals surface area contributed by atoms with Crippen LogP contribution in [0.3, 0.4) is 0 Å². The third kappa shape index (κ3) is 2.55. The van der Waals surface area contributed by atoms with Crippen LogP contribution in [0.1, 0.15) is 16.2 Å². The van der Waals surface area contributed by atoms with Gasteiger partial charge in [-0.2, -0.15) is 15.2 Å². The van der Waals surface area contributed by atoms with Crippen molar-refractivity contribution in [3.63, 3.8) is 0 Å².